The summed E-state index contributed by atoms with van der Waals surface area (Å²) < 4.78 is 0. The molecule has 0 saturated heterocycles. The Hall–Kier alpha value is -1.88. The van der Waals surface area contributed by atoms with Crippen molar-refractivity contribution in [1.29, 1.82) is 0 Å². The van der Waals surface area contributed by atoms with Crippen LogP contribution in [0.1, 0.15) is 47.4 Å². The predicted molar refractivity (Wildman–Crippen MR) is 93.7 cm³/mol. The summed E-state index contributed by atoms with van der Waals surface area (Å²) in [6.45, 7) is 6.50. The van der Waals surface area contributed by atoms with Gasteiger partial charge in [-0.25, -0.2) is 0 Å². The van der Waals surface area contributed by atoms with E-state index in [-0.39, 0.29) is 11.8 Å². The fourth-order valence-electron chi connectivity index (χ4n) is 2.05. The number of carbonyl (C=O) groups excluding carboxylic acids is 2. The molecule has 1 rings (SSSR count). The van der Waals surface area contributed by atoms with Crippen molar-refractivity contribution in [2.24, 2.45) is 5.92 Å². The maximum atomic E-state index is 12.0. The third kappa shape index (κ3) is 7.79. The topological polar surface area (TPSA) is 61.4 Å². The van der Waals surface area contributed by atoms with Gasteiger partial charge in [0, 0.05) is 24.2 Å². The van der Waals surface area contributed by atoms with Crippen LogP contribution in [0.2, 0.25) is 0 Å². The van der Waals surface area contributed by atoms with Gasteiger partial charge < -0.3 is 15.5 Å². The first kappa shape index (κ1) is 19.2. The van der Waals surface area contributed by atoms with E-state index >= 15 is 0 Å². The molecule has 0 aromatic heterocycles. The standard InChI is InChI=1S/C18H29N3O2/c1-14(2)10-12-20-18(23)16-8-6-15(7-9-16)17(22)19-11-5-13-21(3)4/h6-9,14H,5,10-13H2,1-4H3,(H,19,22)(H,20,23). The van der Waals surface area contributed by atoms with Crippen molar-refractivity contribution in [2.75, 3.05) is 33.7 Å². The minimum atomic E-state index is -0.101. The highest BCUT2D eigenvalue weighted by Gasteiger charge is 2.08. The van der Waals surface area contributed by atoms with E-state index in [9.17, 15) is 9.59 Å². The van der Waals surface area contributed by atoms with Crippen LogP contribution >= 0.6 is 0 Å². The first-order chi connectivity index (χ1) is 10.9. The minimum Gasteiger partial charge on any atom is -0.352 e. The zero-order valence-electron chi connectivity index (χ0n) is 14.7. The molecule has 0 unspecified atom stereocenters. The van der Waals surface area contributed by atoms with Crippen molar-refractivity contribution in [3.8, 4) is 0 Å². The summed E-state index contributed by atoms with van der Waals surface area (Å²) in [6, 6.07) is 6.77. The van der Waals surface area contributed by atoms with Crippen LogP contribution in [0.3, 0.4) is 0 Å². The van der Waals surface area contributed by atoms with Crippen molar-refractivity contribution in [2.45, 2.75) is 26.7 Å². The molecule has 1 aromatic carbocycles. The van der Waals surface area contributed by atoms with Crippen LogP contribution in [0.5, 0.6) is 0 Å². The molecule has 0 aliphatic carbocycles. The van der Waals surface area contributed by atoms with Gasteiger partial charge in [-0.3, -0.25) is 9.59 Å². The summed E-state index contributed by atoms with van der Waals surface area (Å²) in [5.41, 5.74) is 1.16. The quantitative estimate of drug-likeness (QED) is 0.686. The Morgan fingerprint density at radius 2 is 1.43 bits per heavy atom. The van der Waals surface area contributed by atoms with Crippen LogP contribution in [0.25, 0.3) is 0 Å². The van der Waals surface area contributed by atoms with Crippen molar-refractivity contribution in [1.82, 2.24) is 15.5 Å². The molecule has 0 aliphatic heterocycles. The molecule has 128 valence electrons. The average molecular weight is 319 g/mol. The normalized spacial score (nSPS) is 10.9. The Bertz CT molecular complexity index is 495. The number of amides is 2. The second-order valence-corrected chi connectivity index (χ2v) is 6.43. The lowest BCUT2D eigenvalue weighted by Crippen LogP contribution is -2.27. The molecular weight excluding hydrogens is 290 g/mol. The average Bonchev–Trinajstić information content (AvgIpc) is 2.51. The SMILES string of the molecule is CC(C)CCNC(=O)c1ccc(C(=O)NCCCN(C)C)cc1. The lowest BCUT2D eigenvalue weighted by Gasteiger charge is -2.10. The van der Waals surface area contributed by atoms with Gasteiger partial charge in [-0.2, -0.15) is 0 Å². The van der Waals surface area contributed by atoms with E-state index in [4.69, 9.17) is 0 Å². The highest BCUT2D eigenvalue weighted by molar-refractivity contribution is 5.97. The van der Waals surface area contributed by atoms with Gasteiger partial charge in [0.25, 0.3) is 11.8 Å². The summed E-state index contributed by atoms with van der Waals surface area (Å²) in [7, 11) is 4.01. The number of carbonyl (C=O) groups is 2. The van der Waals surface area contributed by atoms with E-state index < -0.39 is 0 Å². The smallest absolute Gasteiger partial charge is 0.251 e. The van der Waals surface area contributed by atoms with Crippen LogP contribution in [-0.4, -0.2) is 50.4 Å². The first-order valence-electron chi connectivity index (χ1n) is 8.21. The number of nitrogens with zero attached hydrogens (tertiary/aromatic N) is 1. The monoisotopic (exact) mass is 319 g/mol. The van der Waals surface area contributed by atoms with E-state index in [1.165, 1.54) is 0 Å². The second-order valence-electron chi connectivity index (χ2n) is 6.43. The number of hydrogen-bond donors (Lipinski definition) is 2. The molecule has 0 radical (unpaired) electrons. The molecule has 0 saturated carbocycles. The van der Waals surface area contributed by atoms with E-state index in [1.54, 1.807) is 24.3 Å². The van der Waals surface area contributed by atoms with E-state index in [2.05, 4.69) is 29.4 Å². The molecule has 0 bridgehead atoms. The van der Waals surface area contributed by atoms with Crippen LogP contribution in [0, 0.1) is 5.92 Å². The maximum Gasteiger partial charge on any atom is 0.251 e. The van der Waals surface area contributed by atoms with E-state index in [0.717, 1.165) is 19.4 Å². The zero-order valence-corrected chi connectivity index (χ0v) is 14.7. The third-order valence-electron chi connectivity index (χ3n) is 3.48. The highest BCUT2D eigenvalue weighted by Crippen LogP contribution is 2.05. The molecule has 0 atom stereocenters. The van der Waals surface area contributed by atoms with Crippen LogP contribution < -0.4 is 10.6 Å². The fourth-order valence-corrected chi connectivity index (χ4v) is 2.05. The van der Waals surface area contributed by atoms with Crippen LogP contribution in [-0.2, 0) is 0 Å². The summed E-state index contributed by atoms with van der Waals surface area (Å²) in [6.07, 6.45) is 1.87. The number of hydrogen-bond acceptors (Lipinski definition) is 3. The van der Waals surface area contributed by atoms with Crippen molar-refractivity contribution in [3.05, 3.63) is 35.4 Å². The van der Waals surface area contributed by atoms with Crippen molar-refractivity contribution < 1.29 is 9.59 Å². The van der Waals surface area contributed by atoms with Crippen LogP contribution in [0.15, 0.2) is 24.3 Å². The molecule has 2 amide bonds. The summed E-state index contributed by atoms with van der Waals surface area (Å²) in [5.74, 6) is 0.369. The Labute approximate surface area is 139 Å². The summed E-state index contributed by atoms with van der Waals surface area (Å²) in [4.78, 5) is 26.0. The molecule has 0 spiro atoms. The summed E-state index contributed by atoms with van der Waals surface area (Å²) >= 11 is 0. The molecule has 2 N–H and O–H groups in total. The molecule has 0 heterocycles. The predicted octanol–water partition coefficient (Wildman–Crippen LogP) is 2.14. The highest BCUT2D eigenvalue weighted by atomic mass is 16.2. The first-order valence-corrected chi connectivity index (χ1v) is 8.21. The zero-order chi connectivity index (χ0) is 17.2. The maximum absolute atomic E-state index is 12.0. The molecular formula is C18H29N3O2. The Kier molecular flexibility index (Phi) is 8.33. The number of nitrogens with one attached hydrogen (secondary N) is 2. The minimum absolute atomic E-state index is 0.0939. The lowest BCUT2D eigenvalue weighted by atomic mass is 10.1. The molecule has 0 fully saturated rings. The van der Waals surface area contributed by atoms with Gasteiger partial charge in [-0.05, 0) is 63.7 Å². The number of benzene rings is 1. The van der Waals surface area contributed by atoms with Gasteiger partial charge in [0.2, 0.25) is 0 Å². The lowest BCUT2D eigenvalue weighted by molar-refractivity contribution is 0.0940. The van der Waals surface area contributed by atoms with Gasteiger partial charge in [-0.15, -0.1) is 0 Å². The Morgan fingerprint density at radius 1 is 0.957 bits per heavy atom. The molecule has 5 nitrogen and oxygen atoms in total. The molecule has 0 aliphatic rings. The van der Waals surface area contributed by atoms with E-state index in [1.807, 2.05) is 14.1 Å². The largest absolute Gasteiger partial charge is 0.352 e. The van der Waals surface area contributed by atoms with Gasteiger partial charge in [0.05, 0.1) is 0 Å². The van der Waals surface area contributed by atoms with Crippen LogP contribution in [0.4, 0.5) is 0 Å². The van der Waals surface area contributed by atoms with Gasteiger partial charge >= 0.3 is 0 Å². The van der Waals surface area contributed by atoms with Gasteiger partial charge in [-0.1, -0.05) is 13.8 Å². The molecule has 23 heavy (non-hydrogen) atoms. The van der Waals surface area contributed by atoms with Gasteiger partial charge in [0.1, 0.15) is 0 Å². The van der Waals surface area contributed by atoms with E-state index in [0.29, 0.717) is 30.1 Å². The van der Waals surface area contributed by atoms with Crippen molar-refractivity contribution in [3.63, 3.8) is 0 Å². The van der Waals surface area contributed by atoms with Gasteiger partial charge in [0.15, 0.2) is 0 Å². The molecule has 1 aromatic rings. The number of rotatable bonds is 9. The molecule has 5 heteroatoms. The Balaban J connectivity index is 2.42. The second kappa shape index (κ2) is 10.0. The fraction of sp³-hybridized carbons (Fsp3) is 0.556. The Morgan fingerprint density at radius 3 is 1.87 bits per heavy atom. The van der Waals surface area contributed by atoms with Crippen molar-refractivity contribution >= 4 is 11.8 Å². The third-order valence-corrected chi connectivity index (χ3v) is 3.48. The summed E-state index contributed by atoms with van der Waals surface area (Å²) in [5, 5.41) is 5.77.